The molecule has 2 atom stereocenters. The van der Waals surface area contributed by atoms with Crippen LogP contribution < -0.4 is 10.2 Å². The van der Waals surface area contributed by atoms with Gasteiger partial charge in [-0.2, -0.15) is 0 Å². The SMILES string of the molecule is C[C@@H](NC(=O)C[NH+](C)C1CCCCC1)c1ccccc1. The Labute approximate surface area is 122 Å². The number of nitrogens with one attached hydrogen (secondary N) is 2. The van der Waals surface area contributed by atoms with E-state index in [1.54, 1.807) is 0 Å². The van der Waals surface area contributed by atoms with Crippen LogP contribution in [0, 0.1) is 0 Å². The Morgan fingerprint density at radius 3 is 2.55 bits per heavy atom. The number of amides is 1. The number of carbonyl (C=O) groups is 1. The van der Waals surface area contributed by atoms with Crippen molar-refractivity contribution in [1.29, 1.82) is 0 Å². The van der Waals surface area contributed by atoms with Crippen molar-refractivity contribution >= 4 is 5.91 Å². The second-order valence-corrected chi connectivity index (χ2v) is 6.06. The largest absolute Gasteiger partial charge is 0.345 e. The van der Waals surface area contributed by atoms with Gasteiger partial charge in [-0.05, 0) is 38.2 Å². The van der Waals surface area contributed by atoms with Crippen molar-refractivity contribution in [2.45, 2.75) is 51.1 Å². The van der Waals surface area contributed by atoms with Gasteiger partial charge < -0.3 is 10.2 Å². The van der Waals surface area contributed by atoms with Crippen LogP contribution in [-0.4, -0.2) is 25.5 Å². The first kappa shape index (κ1) is 15.0. The van der Waals surface area contributed by atoms with Crippen molar-refractivity contribution in [3.63, 3.8) is 0 Å². The fourth-order valence-corrected chi connectivity index (χ4v) is 3.11. The molecule has 2 rings (SSSR count). The molecule has 1 fully saturated rings. The fraction of sp³-hybridized carbons (Fsp3) is 0.588. The lowest BCUT2D eigenvalue weighted by Crippen LogP contribution is -3.14. The number of likely N-dealkylation sites (N-methyl/N-ethyl adjacent to an activating group) is 1. The highest BCUT2D eigenvalue weighted by molar-refractivity contribution is 5.77. The zero-order chi connectivity index (χ0) is 14.4. The molecule has 0 bridgehead atoms. The van der Waals surface area contributed by atoms with Gasteiger partial charge in [0.1, 0.15) is 0 Å². The highest BCUT2D eigenvalue weighted by Gasteiger charge is 2.23. The topological polar surface area (TPSA) is 33.5 Å². The van der Waals surface area contributed by atoms with Crippen molar-refractivity contribution in [3.05, 3.63) is 35.9 Å². The number of carbonyl (C=O) groups excluding carboxylic acids is 1. The minimum Gasteiger partial charge on any atom is -0.345 e. The molecule has 0 aromatic heterocycles. The molecule has 1 aliphatic rings. The smallest absolute Gasteiger partial charge is 0.275 e. The lowest BCUT2D eigenvalue weighted by atomic mass is 9.94. The molecule has 1 amide bonds. The van der Waals surface area contributed by atoms with Gasteiger partial charge in [0, 0.05) is 0 Å². The summed E-state index contributed by atoms with van der Waals surface area (Å²) in [5.41, 5.74) is 1.16. The van der Waals surface area contributed by atoms with E-state index >= 15 is 0 Å². The van der Waals surface area contributed by atoms with Crippen LogP contribution >= 0.6 is 0 Å². The van der Waals surface area contributed by atoms with E-state index < -0.39 is 0 Å². The first-order valence-corrected chi connectivity index (χ1v) is 7.83. The van der Waals surface area contributed by atoms with Crippen LogP contribution in [0.4, 0.5) is 0 Å². The Morgan fingerprint density at radius 2 is 1.90 bits per heavy atom. The van der Waals surface area contributed by atoms with Crippen molar-refractivity contribution in [1.82, 2.24) is 5.32 Å². The lowest BCUT2D eigenvalue weighted by Gasteiger charge is -2.28. The van der Waals surface area contributed by atoms with Gasteiger partial charge in [-0.15, -0.1) is 0 Å². The summed E-state index contributed by atoms with van der Waals surface area (Å²) in [5.74, 6) is 0.157. The molecule has 3 nitrogen and oxygen atoms in total. The Hall–Kier alpha value is -1.35. The standard InChI is InChI=1S/C17H26N2O/c1-14(15-9-5-3-6-10-15)18-17(20)13-19(2)16-11-7-4-8-12-16/h3,5-6,9-10,14,16H,4,7-8,11-13H2,1-2H3,(H,18,20)/p+1/t14-/m1/s1. The lowest BCUT2D eigenvalue weighted by molar-refractivity contribution is -0.899. The molecule has 1 aromatic carbocycles. The molecule has 3 heteroatoms. The minimum atomic E-state index is 0.0860. The van der Waals surface area contributed by atoms with Crippen molar-refractivity contribution in [2.24, 2.45) is 0 Å². The summed E-state index contributed by atoms with van der Waals surface area (Å²) in [6, 6.07) is 10.9. The van der Waals surface area contributed by atoms with Gasteiger partial charge in [-0.3, -0.25) is 4.79 Å². The van der Waals surface area contributed by atoms with Gasteiger partial charge in [0.05, 0.1) is 19.1 Å². The predicted molar refractivity (Wildman–Crippen MR) is 81.6 cm³/mol. The molecule has 0 spiro atoms. The second-order valence-electron chi connectivity index (χ2n) is 6.06. The number of quaternary nitrogens is 1. The summed E-state index contributed by atoms with van der Waals surface area (Å²) in [5, 5.41) is 3.11. The number of rotatable bonds is 5. The summed E-state index contributed by atoms with van der Waals surface area (Å²) >= 11 is 0. The van der Waals surface area contributed by atoms with Gasteiger partial charge in [-0.25, -0.2) is 0 Å². The van der Waals surface area contributed by atoms with Gasteiger partial charge in [0.2, 0.25) is 0 Å². The van der Waals surface area contributed by atoms with Crippen molar-refractivity contribution in [2.75, 3.05) is 13.6 Å². The van der Waals surface area contributed by atoms with E-state index in [0.717, 1.165) is 5.56 Å². The number of benzene rings is 1. The second kappa shape index (κ2) is 7.44. The molecule has 0 aliphatic heterocycles. The normalized spacial score (nSPS) is 19.3. The van der Waals surface area contributed by atoms with Crippen molar-refractivity contribution in [3.8, 4) is 0 Å². The van der Waals surface area contributed by atoms with E-state index in [4.69, 9.17) is 0 Å². The molecular weight excluding hydrogens is 248 g/mol. The molecular formula is C17H27N2O+. The van der Waals surface area contributed by atoms with Crippen LogP contribution in [0.15, 0.2) is 30.3 Å². The van der Waals surface area contributed by atoms with Gasteiger partial charge in [0.15, 0.2) is 6.54 Å². The average Bonchev–Trinajstić information content (AvgIpc) is 2.49. The van der Waals surface area contributed by atoms with Crippen LogP contribution in [0.25, 0.3) is 0 Å². The quantitative estimate of drug-likeness (QED) is 0.843. The third kappa shape index (κ3) is 4.34. The first-order chi connectivity index (χ1) is 9.66. The van der Waals surface area contributed by atoms with Crippen LogP contribution in [0.1, 0.15) is 50.6 Å². The van der Waals surface area contributed by atoms with Crippen LogP contribution in [0.2, 0.25) is 0 Å². The first-order valence-electron chi connectivity index (χ1n) is 7.83. The molecule has 1 saturated carbocycles. The van der Waals surface area contributed by atoms with Crippen LogP contribution in [-0.2, 0) is 4.79 Å². The molecule has 2 N–H and O–H groups in total. The fourth-order valence-electron chi connectivity index (χ4n) is 3.11. The summed E-state index contributed by atoms with van der Waals surface area (Å²) in [6.45, 7) is 2.63. The Kier molecular flexibility index (Phi) is 5.60. The predicted octanol–water partition coefficient (Wildman–Crippen LogP) is 1.71. The molecule has 1 aromatic rings. The van der Waals surface area contributed by atoms with E-state index in [9.17, 15) is 4.79 Å². The molecule has 1 aliphatic carbocycles. The van der Waals surface area contributed by atoms with E-state index in [1.165, 1.54) is 37.0 Å². The number of hydrogen-bond donors (Lipinski definition) is 2. The average molecular weight is 275 g/mol. The Bertz CT molecular complexity index is 412. The van der Waals surface area contributed by atoms with Gasteiger partial charge in [0.25, 0.3) is 5.91 Å². The maximum atomic E-state index is 12.1. The Balaban J connectivity index is 1.79. The van der Waals surface area contributed by atoms with Crippen LogP contribution in [0.5, 0.6) is 0 Å². The number of hydrogen-bond acceptors (Lipinski definition) is 1. The van der Waals surface area contributed by atoms with Gasteiger partial charge in [-0.1, -0.05) is 36.8 Å². The Morgan fingerprint density at radius 1 is 1.25 bits per heavy atom. The monoisotopic (exact) mass is 275 g/mol. The highest BCUT2D eigenvalue weighted by Crippen LogP contribution is 2.15. The molecule has 110 valence electrons. The summed E-state index contributed by atoms with van der Waals surface area (Å²) in [7, 11) is 2.16. The zero-order valence-electron chi connectivity index (χ0n) is 12.7. The van der Waals surface area contributed by atoms with Crippen molar-refractivity contribution < 1.29 is 9.69 Å². The van der Waals surface area contributed by atoms with E-state index in [1.807, 2.05) is 25.1 Å². The maximum absolute atomic E-state index is 12.1. The minimum absolute atomic E-state index is 0.0860. The molecule has 20 heavy (non-hydrogen) atoms. The third-order valence-corrected chi connectivity index (χ3v) is 4.42. The zero-order valence-corrected chi connectivity index (χ0v) is 12.7. The molecule has 1 unspecified atom stereocenters. The molecule has 0 radical (unpaired) electrons. The van der Waals surface area contributed by atoms with E-state index in [2.05, 4.69) is 24.5 Å². The van der Waals surface area contributed by atoms with Crippen LogP contribution in [0.3, 0.4) is 0 Å². The van der Waals surface area contributed by atoms with E-state index in [0.29, 0.717) is 12.6 Å². The summed E-state index contributed by atoms with van der Waals surface area (Å²) in [6.07, 6.45) is 6.55. The third-order valence-electron chi connectivity index (χ3n) is 4.42. The maximum Gasteiger partial charge on any atom is 0.275 e. The summed E-state index contributed by atoms with van der Waals surface area (Å²) < 4.78 is 0. The van der Waals surface area contributed by atoms with E-state index in [-0.39, 0.29) is 11.9 Å². The molecule has 0 heterocycles. The molecule has 0 saturated heterocycles. The van der Waals surface area contributed by atoms with Gasteiger partial charge >= 0.3 is 0 Å². The summed E-state index contributed by atoms with van der Waals surface area (Å²) in [4.78, 5) is 13.5. The highest BCUT2D eigenvalue weighted by atomic mass is 16.2.